The first-order valence-corrected chi connectivity index (χ1v) is 5.96. The molecule has 0 aliphatic heterocycles. The van der Waals surface area contributed by atoms with Crippen LogP contribution in [0.4, 0.5) is 4.39 Å². The van der Waals surface area contributed by atoms with E-state index in [9.17, 15) is 9.18 Å². The Labute approximate surface area is 114 Å². The Kier molecular flexibility index (Phi) is 4.06. The van der Waals surface area contributed by atoms with Gasteiger partial charge in [0.05, 0.1) is 0 Å². The molecule has 2 aromatic rings. The van der Waals surface area contributed by atoms with Crippen molar-refractivity contribution >= 4 is 17.5 Å². The Morgan fingerprint density at radius 2 is 2.00 bits per heavy atom. The van der Waals surface area contributed by atoms with E-state index in [1.54, 1.807) is 25.1 Å². The van der Waals surface area contributed by atoms with Crippen LogP contribution in [0.15, 0.2) is 30.3 Å². The van der Waals surface area contributed by atoms with Gasteiger partial charge >= 0.3 is 0 Å². The predicted octanol–water partition coefficient (Wildman–Crippen LogP) is 2.51. The second-order valence-corrected chi connectivity index (χ2v) is 4.31. The number of rotatable bonds is 3. The SMILES string of the molecule is Cc1cc(C(=O)NCc2ccc(F)cc2)nc(Cl)n1. The van der Waals surface area contributed by atoms with Crippen LogP contribution in [-0.2, 0) is 6.54 Å². The average molecular weight is 280 g/mol. The lowest BCUT2D eigenvalue weighted by atomic mass is 10.2. The highest BCUT2D eigenvalue weighted by molar-refractivity contribution is 6.28. The van der Waals surface area contributed by atoms with Crippen LogP contribution in [0.5, 0.6) is 0 Å². The first kappa shape index (κ1) is 13.4. The Morgan fingerprint density at radius 1 is 1.32 bits per heavy atom. The maximum atomic E-state index is 12.7. The van der Waals surface area contributed by atoms with Gasteiger partial charge in [0, 0.05) is 12.2 Å². The highest BCUT2D eigenvalue weighted by Crippen LogP contribution is 2.06. The molecule has 1 amide bonds. The van der Waals surface area contributed by atoms with E-state index in [2.05, 4.69) is 15.3 Å². The van der Waals surface area contributed by atoms with Crippen LogP contribution in [0.25, 0.3) is 0 Å². The van der Waals surface area contributed by atoms with Crippen molar-refractivity contribution in [3.8, 4) is 0 Å². The molecule has 19 heavy (non-hydrogen) atoms. The maximum absolute atomic E-state index is 12.7. The zero-order chi connectivity index (χ0) is 13.8. The van der Waals surface area contributed by atoms with Crippen molar-refractivity contribution in [3.05, 3.63) is 58.4 Å². The van der Waals surface area contributed by atoms with E-state index in [1.807, 2.05) is 0 Å². The lowest BCUT2D eigenvalue weighted by Crippen LogP contribution is -2.24. The molecule has 0 saturated heterocycles. The summed E-state index contributed by atoms with van der Waals surface area (Å²) in [6.45, 7) is 2.02. The number of halogens is 2. The van der Waals surface area contributed by atoms with Crippen molar-refractivity contribution in [3.63, 3.8) is 0 Å². The molecule has 1 heterocycles. The van der Waals surface area contributed by atoms with Crippen molar-refractivity contribution in [2.45, 2.75) is 13.5 Å². The molecular weight excluding hydrogens is 269 g/mol. The second-order valence-electron chi connectivity index (χ2n) is 3.97. The van der Waals surface area contributed by atoms with Crippen LogP contribution in [0.2, 0.25) is 5.28 Å². The van der Waals surface area contributed by atoms with Crippen LogP contribution in [-0.4, -0.2) is 15.9 Å². The minimum atomic E-state index is -0.350. The summed E-state index contributed by atoms with van der Waals surface area (Å²) >= 11 is 5.68. The Morgan fingerprint density at radius 3 is 2.63 bits per heavy atom. The Bertz CT molecular complexity index is 581. The van der Waals surface area contributed by atoms with Gasteiger partial charge < -0.3 is 5.32 Å². The minimum Gasteiger partial charge on any atom is -0.347 e. The number of hydrogen-bond donors (Lipinski definition) is 1. The van der Waals surface area contributed by atoms with Gasteiger partial charge in [-0.2, -0.15) is 0 Å². The van der Waals surface area contributed by atoms with Crippen LogP contribution < -0.4 is 5.32 Å². The molecular formula is C13H11ClFN3O. The molecule has 2 rings (SSSR count). The largest absolute Gasteiger partial charge is 0.347 e. The van der Waals surface area contributed by atoms with Crippen molar-refractivity contribution < 1.29 is 9.18 Å². The van der Waals surface area contributed by atoms with Crippen LogP contribution in [0, 0.1) is 12.7 Å². The lowest BCUT2D eigenvalue weighted by Gasteiger charge is -2.05. The summed E-state index contributed by atoms with van der Waals surface area (Å²) in [5.41, 5.74) is 1.62. The summed E-state index contributed by atoms with van der Waals surface area (Å²) < 4.78 is 12.7. The maximum Gasteiger partial charge on any atom is 0.270 e. The van der Waals surface area contributed by atoms with Crippen molar-refractivity contribution in [2.75, 3.05) is 0 Å². The molecule has 0 saturated carbocycles. The van der Waals surface area contributed by atoms with Gasteiger partial charge in [0.1, 0.15) is 11.5 Å². The van der Waals surface area contributed by atoms with Crippen LogP contribution in [0.3, 0.4) is 0 Å². The van der Waals surface area contributed by atoms with Crippen molar-refractivity contribution in [2.24, 2.45) is 0 Å². The highest BCUT2D eigenvalue weighted by Gasteiger charge is 2.09. The van der Waals surface area contributed by atoms with Gasteiger partial charge in [-0.15, -0.1) is 0 Å². The average Bonchev–Trinajstić information content (AvgIpc) is 2.36. The number of nitrogens with zero attached hydrogens (tertiary/aromatic N) is 2. The molecule has 1 N–H and O–H groups in total. The molecule has 0 aliphatic carbocycles. The zero-order valence-corrected chi connectivity index (χ0v) is 10.9. The molecule has 0 radical (unpaired) electrons. The zero-order valence-electron chi connectivity index (χ0n) is 10.2. The predicted molar refractivity (Wildman–Crippen MR) is 69.3 cm³/mol. The van der Waals surface area contributed by atoms with Crippen molar-refractivity contribution in [1.82, 2.24) is 15.3 Å². The normalized spacial score (nSPS) is 10.3. The molecule has 0 aliphatic rings. The fraction of sp³-hybridized carbons (Fsp3) is 0.154. The fourth-order valence-corrected chi connectivity index (χ4v) is 1.75. The number of carbonyl (C=O) groups excluding carboxylic acids is 1. The van der Waals surface area contributed by atoms with Crippen LogP contribution in [0.1, 0.15) is 21.7 Å². The summed E-state index contributed by atoms with van der Waals surface area (Å²) in [7, 11) is 0. The van der Waals surface area contributed by atoms with E-state index in [1.165, 1.54) is 12.1 Å². The molecule has 4 nitrogen and oxygen atoms in total. The van der Waals surface area contributed by atoms with Gasteiger partial charge in [-0.05, 0) is 42.3 Å². The second kappa shape index (κ2) is 5.75. The van der Waals surface area contributed by atoms with Crippen molar-refractivity contribution in [1.29, 1.82) is 0 Å². The summed E-state index contributed by atoms with van der Waals surface area (Å²) in [5.74, 6) is -0.662. The number of hydrogen-bond acceptors (Lipinski definition) is 3. The third-order valence-corrected chi connectivity index (χ3v) is 2.59. The van der Waals surface area contributed by atoms with E-state index >= 15 is 0 Å². The first-order valence-electron chi connectivity index (χ1n) is 5.58. The molecule has 0 spiro atoms. The number of aryl methyl sites for hydroxylation is 1. The van der Waals surface area contributed by atoms with E-state index in [-0.39, 0.29) is 22.7 Å². The molecule has 1 aromatic carbocycles. The molecule has 6 heteroatoms. The Balaban J connectivity index is 2.03. The van der Waals surface area contributed by atoms with E-state index in [4.69, 9.17) is 11.6 Å². The number of aromatic nitrogens is 2. The van der Waals surface area contributed by atoms with Crippen LogP contribution >= 0.6 is 11.6 Å². The van der Waals surface area contributed by atoms with Gasteiger partial charge in [0.2, 0.25) is 5.28 Å². The van der Waals surface area contributed by atoms with Gasteiger partial charge in [0.15, 0.2) is 0 Å². The van der Waals surface area contributed by atoms with Gasteiger partial charge in [-0.3, -0.25) is 4.79 Å². The summed E-state index contributed by atoms with van der Waals surface area (Å²) in [5, 5.41) is 2.71. The summed E-state index contributed by atoms with van der Waals surface area (Å²) in [4.78, 5) is 19.6. The molecule has 1 aromatic heterocycles. The Hall–Kier alpha value is -2.01. The third kappa shape index (κ3) is 3.72. The monoisotopic (exact) mass is 279 g/mol. The topological polar surface area (TPSA) is 54.9 Å². The number of nitrogens with one attached hydrogen (secondary N) is 1. The molecule has 0 unspecified atom stereocenters. The van der Waals surface area contributed by atoms with E-state index in [0.29, 0.717) is 12.2 Å². The molecule has 0 atom stereocenters. The van der Waals surface area contributed by atoms with Gasteiger partial charge in [-0.1, -0.05) is 12.1 Å². The highest BCUT2D eigenvalue weighted by atomic mass is 35.5. The smallest absolute Gasteiger partial charge is 0.270 e. The fourth-order valence-electron chi connectivity index (χ4n) is 1.52. The van der Waals surface area contributed by atoms with E-state index in [0.717, 1.165) is 5.56 Å². The van der Waals surface area contributed by atoms with Gasteiger partial charge in [-0.25, -0.2) is 14.4 Å². The molecule has 98 valence electrons. The summed E-state index contributed by atoms with van der Waals surface area (Å²) in [6, 6.07) is 7.44. The quantitative estimate of drug-likeness (QED) is 0.879. The number of benzene rings is 1. The number of amides is 1. The van der Waals surface area contributed by atoms with E-state index < -0.39 is 0 Å². The third-order valence-electron chi connectivity index (χ3n) is 2.43. The van der Waals surface area contributed by atoms with Gasteiger partial charge in [0.25, 0.3) is 5.91 Å². The first-order chi connectivity index (χ1) is 9.04. The number of carbonyl (C=O) groups is 1. The molecule has 0 fully saturated rings. The lowest BCUT2D eigenvalue weighted by molar-refractivity contribution is 0.0945. The summed E-state index contributed by atoms with van der Waals surface area (Å²) in [6.07, 6.45) is 0. The standard InChI is InChI=1S/C13H11ClFN3O/c1-8-6-11(18-13(14)17-8)12(19)16-7-9-2-4-10(15)5-3-9/h2-6H,7H2,1H3,(H,16,19). The minimum absolute atomic E-state index is 0.0342. The molecule has 0 bridgehead atoms.